The summed E-state index contributed by atoms with van der Waals surface area (Å²) >= 11 is 0. The van der Waals surface area contributed by atoms with Crippen molar-refractivity contribution >= 4 is 5.71 Å². The van der Waals surface area contributed by atoms with Crippen molar-refractivity contribution in [1.29, 1.82) is 0 Å². The van der Waals surface area contributed by atoms with Crippen LogP contribution in [-0.2, 0) is 12.8 Å². The topological polar surface area (TPSA) is 12.4 Å². The minimum Gasteiger partial charge on any atom is -0.263 e. The van der Waals surface area contributed by atoms with Gasteiger partial charge in [0.05, 0.1) is 0 Å². The van der Waals surface area contributed by atoms with Crippen LogP contribution in [-0.4, -0.2) is 5.71 Å². The van der Waals surface area contributed by atoms with E-state index in [1.807, 2.05) is 13.8 Å². The summed E-state index contributed by atoms with van der Waals surface area (Å²) in [5, 5.41) is 0. The molecule has 1 heteroatoms. The average Bonchev–Trinajstić information content (AvgIpc) is 2.92. The molecule has 1 aliphatic carbocycles. The van der Waals surface area contributed by atoms with Crippen molar-refractivity contribution < 1.29 is 0 Å². The van der Waals surface area contributed by atoms with Crippen LogP contribution in [0.3, 0.4) is 0 Å². The van der Waals surface area contributed by atoms with E-state index in [1.54, 1.807) is 0 Å². The van der Waals surface area contributed by atoms with E-state index in [9.17, 15) is 0 Å². The van der Waals surface area contributed by atoms with Crippen LogP contribution in [0.1, 0.15) is 131 Å². The number of aliphatic imine (C=N–C) groups is 1. The molecule has 0 aromatic heterocycles. The monoisotopic (exact) mass is 507 g/mol. The van der Waals surface area contributed by atoms with Gasteiger partial charge in [0.2, 0.25) is 0 Å². The second-order valence-corrected chi connectivity index (χ2v) is 9.81. The lowest BCUT2D eigenvalue weighted by atomic mass is 9.96. The Labute approximate surface area is 233 Å². The SMILES string of the molecule is C=C(CC)Cc1ccc(CC)cc1.C=C(CC1=CCC(C)C=C1)N=C(C)CC.CC.CCCCCCC. The van der Waals surface area contributed by atoms with Crippen molar-refractivity contribution in [3.05, 3.63) is 83.6 Å². The van der Waals surface area contributed by atoms with Gasteiger partial charge in [-0.15, -0.1) is 0 Å². The summed E-state index contributed by atoms with van der Waals surface area (Å²) < 4.78 is 0. The molecular formula is C36H61N. The van der Waals surface area contributed by atoms with Gasteiger partial charge in [-0.05, 0) is 61.6 Å². The lowest BCUT2D eigenvalue weighted by Crippen LogP contribution is -1.96. The number of nitrogens with zero attached hydrogens (tertiary/aromatic N) is 1. The molecule has 0 N–H and O–H groups in total. The Morgan fingerprint density at radius 2 is 1.41 bits per heavy atom. The largest absolute Gasteiger partial charge is 0.263 e. The molecule has 1 nitrogen and oxygen atoms in total. The molecule has 0 heterocycles. The van der Waals surface area contributed by atoms with Crippen molar-refractivity contribution in [2.24, 2.45) is 10.9 Å². The summed E-state index contributed by atoms with van der Waals surface area (Å²) in [5.74, 6) is 0.683. The fraction of sp³-hybridized carbons (Fsp3) is 0.583. The molecule has 0 spiro atoms. The van der Waals surface area contributed by atoms with E-state index in [-0.39, 0.29) is 0 Å². The van der Waals surface area contributed by atoms with E-state index in [0.717, 1.165) is 49.9 Å². The normalized spacial score (nSPS) is 14.1. The Morgan fingerprint density at radius 3 is 1.84 bits per heavy atom. The zero-order valence-electron chi connectivity index (χ0n) is 26.3. The van der Waals surface area contributed by atoms with Crippen LogP contribution in [0.15, 0.2) is 77.5 Å². The summed E-state index contributed by atoms with van der Waals surface area (Å²) in [4.78, 5) is 4.46. The van der Waals surface area contributed by atoms with E-state index in [0.29, 0.717) is 5.92 Å². The maximum absolute atomic E-state index is 4.46. The molecule has 1 aliphatic rings. The Kier molecular flexibility index (Phi) is 25.5. The van der Waals surface area contributed by atoms with Crippen LogP contribution < -0.4 is 0 Å². The number of allylic oxidation sites excluding steroid dienone is 5. The molecule has 0 radical (unpaired) electrons. The quantitative estimate of drug-likeness (QED) is 0.151. The van der Waals surface area contributed by atoms with Gasteiger partial charge in [-0.3, -0.25) is 4.99 Å². The summed E-state index contributed by atoms with van der Waals surface area (Å²) in [6, 6.07) is 8.83. The van der Waals surface area contributed by atoms with Crippen molar-refractivity contribution in [2.45, 2.75) is 133 Å². The lowest BCUT2D eigenvalue weighted by Gasteiger charge is -2.11. The lowest BCUT2D eigenvalue weighted by molar-refractivity contribution is 0.656. The minimum absolute atomic E-state index is 0.683. The molecule has 0 saturated heterocycles. The predicted octanol–water partition coefficient (Wildman–Crippen LogP) is 12.0. The molecule has 1 atom stereocenters. The Morgan fingerprint density at radius 1 is 0.838 bits per heavy atom. The summed E-state index contributed by atoms with van der Waals surface area (Å²) in [6.07, 6.45) is 20.0. The number of aryl methyl sites for hydroxylation is 1. The highest BCUT2D eigenvalue weighted by Crippen LogP contribution is 2.21. The molecule has 1 aromatic rings. The van der Waals surface area contributed by atoms with E-state index < -0.39 is 0 Å². The molecular weight excluding hydrogens is 446 g/mol. The van der Waals surface area contributed by atoms with Crippen LogP contribution in [0, 0.1) is 5.92 Å². The van der Waals surface area contributed by atoms with Crippen LogP contribution >= 0.6 is 0 Å². The standard InChI is InChI=1S/C14H21N.C13H18.C7H16.C2H6/c1-5-12(3)15-13(4)10-14-8-6-11(2)7-9-14;1-4-11(3)10-13-8-6-12(5-2)7-9-13;1-3-5-7-6-4-2;1-2/h6,8-9,11H,4-5,7,10H2,1-3H3;6-9H,3-5,10H2,1-2H3;3-7H2,1-2H3;1-2H3. The van der Waals surface area contributed by atoms with Gasteiger partial charge in [0.1, 0.15) is 0 Å². The Bertz CT molecular complexity index is 784. The van der Waals surface area contributed by atoms with Gasteiger partial charge >= 0.3 is 0 Å². The first kappa shape index (κ1) is 37.0. The van der Waals surface area contributed by atoms with E-state index in [4.69, 9.17) is 0 Å². The highest BCUT2D eigenvalue weighted by atomic mass is 14.7. The van der Waals surface area contributed by atoms with Gasteiger partial charge in [0.25, 0.3) is 0 Å². The smallest absolute Gasteiger partial charge is 0.0374 e. The molecule has 37 heavy (non-hydrogen) atoms. The van der Waals surface area contributed by atoms with Gasteiger partial charge in [0.15, 0.2) is 0 Å². The van der Waals surface area contributed by atoms with Gasteiger partial charge in [0, 0.05) is 17.8 Å². The number of hydrogen-bond donors (Lipinski definition) is 0. The second kappa shape index (κ2) is 25.5. The third-order valence-corrected chi connectivity index (χ3v) is 6.25. The van der Waals surface area contributed by atoms with Crippen LogP contribution in [0.5, 0.6) is 0 Å². The number of unbranched alkanes of at least 4 members (excludes halogenated alkanes) is 4. The number of benzene rings is 1. The van der Waals surface area contributed by atoms with Crippen LogP contribution in [0.4, 0.5) is 0 Å². The molecule has 0 fully saturated rings. The van der Waals surface area contributed by atoms with Crippen molar-refractivity contribution in [2.75, 3.05) is 0 Å². The van der Waals surface area contributed by atoms with Crippen molar-refractivity contribution in [3.8, 4) is 0 Å². The number of rotatable bonds is 12. The maximum Gasteiger partial charge on any atom is 0.0374 e. The zero-order valence-corrected chi connectivity index (χ0v) is 26.3. The highest BCUT2D eigenvalue weighted by Gasteiger charge is 2.04. The fourth-order valence-electron chi connectivity index (χ4n) is 3.51. The van der Waals surface area contributed by atoms with Gasteiger partial charge < -0.3 is 0 Å². The maximum atomic E-state index is 4.46. The molecule has 0 bridgehead atoms. The molecule has 1 unspecified atom stereocenters. The molecule has 0 amide bonds. The van der Waals surface area contributed by atoms with Gasteiger partial charge in [-0.25, -0.2) is 0 Å². The number of hydrogen-bond acceptors (Lipinski definition) is 1. The first-order valence-corrected chi connectivity index (χ1v) is 15.1. The third-order valence-electron chi connectivity index (χ3n) is 6.25. The molecule has 1 aromatic carbocycles. The Balaban J connectivity index is 0. The molecule has 0 aliphatic heterocycles. The summed E-state index contributed by atoms with van der Waals surface area (Å²) in [5.41, 5.74) is 7.58. The third kappa shape index (κ3) is 21.6. The molecule has 2 rings (SSSR count). The van der Waals surface area contributed by atoms with Crippen molar-refractivity contribution in [1.82, 2.24) is 0 Å². The minimum atomic E-state index is 0.683. The van der Waals surface area contributed by atoms with Crippen molar-refractivity contribution in [3.63, 3.8) is 0 Å². The predicted molar refractivity (Wildman–Crippen MR) is 173 cm³/mol. The zero-order chi connectivity index (χ0) is 28.5. The summed E-state index contributed by atoms with van der Waals surface area (Å²) in [7, 11) is 0. The van der Waals surface area contributed by atoms with Gasteiger partial charge in [-0.2, -0.15) is 0 Å². The molecule has 0 saturated carbocycles. The first-order valence-electron chi connectivity index (χ1n) is 15.1. The fourth-order valence-corrected chi connectivity index (χ4v) is 3.51. The van der Waals surface area contributed by atoms with E-state index in [2.05, 4.69) is 109 Å². The van der Waals surface area contributed by atoms with E-state index >= 15 is 0 Å². The first-order chi connectivity index (χ1) is 17.8. The van der Waals surface area contributed by atoms with Crippen LogP contribution in [0.2, 0.25) is 0 Å². The Hall–Kier alpha value is -2.15. The molecule has 210 valence electrons. The summed E-state index contributed by atoms with van der Waals surface area (Å²) in [6.45, 7) is 27.2. The average molecular weight is 508 g/mol. The highest BCUT2D eigenvalue weighted by molar-refractivity contribution is 5.82. The van der Waals surface area contributed by atoms with Crippen LogP contribution in [0.25, 0.3) is 0 Å². The van der Waals surface area contributed by atoms with E-state index in [1.165, 1.54) is 54.4 Å². The second-order valence-electron chi connectivity index (χ2n) is 9.81. The van der Waals surface area contributed by atoms with Gasteiger partial charge in [-0.1, -0.05) is 149 Å².